The summed E-state index contributed by atoms with van der Waals surface area (Å²) >= 11 is 0. The second-order valence-corrected chi connectivity index (χ2v) is 7.63. The highest BCUT2D eigenvalue weighted by atomic mass is 16.6. The molecular formula is C18H23N5O4. The van der Waals surface area contributed by atoms with Gasteiger partial charge in [-0.25, -0.2) is 14.8 Å². The number of rotatable bonds is 3. The van der Waals surface area contributed by atoms with Gasteiger partial charge in [-0.2, -0.15) is 0 Å². The average molecular weight is 373 g/mol. The zero-order valence-corrected chi connectivity index (χ0v) is 15.9. The molecule has 144 valence electrons. The summed E-state index contributed by atoms with van der Waals surface area (Å²) in [7, 11) is 0. The third kappa shape index (κ3) is 4.42. The van der Waals surface area contributed by atoms with Crippen molar-refractivity contribution < 1.29 is 14.5 Å². The molecule has 0 spiro atoms. The molecule has 1 aromatic carbocycles. The first-order valence-electron chi connectivity index (χ1n) is 8.79. The van der Waals surface area contributed by atoms with Crippen LogP contribution in [0.1, 0.15) is 33.0 Å². The minimum absolute atomic E-state index is 0.00237. The van der Waals surface area contributed by atoms with Crippen molar-refractivity contribution in [1.82, 2.24) is 15.3 Å². The number of hydrogen-bond acceptors (Lipinski definition) is 7. The lowest BCUT2D eigenvalue weighted by molar-refractivity contribution is -0.384. The molecule has 0 aliphatic carbocycles. The molecule has 2 heterocycles. The van der Waals surface area contributed by atoms with E-state index in [0.29, 0.717) is 24.4 Å². The number of ether oxygens (including phenoxy) is 1. The molecule has 2 aromatic rings. The molecule has 1 amide bonds. The second kappa shape index (κ2) is 6.98. The van der Waals surface area contributed by atoms with Gasteiger partial charge in [-0.15, -0.1) is 0 Å². The van der Waals surface area contributed by atoms with Gasteiger partial charge in [0, 0.05) is 30.6 Å². The van der Waals surface area contributed by atoms with E-state index in [4.69, 9.17) is 4.74 Å². The van der Waals surface area contributed by atoms with Crippen LogP contribution in [0, 0.1) is 17.0 Å². The fraction of sp³-hybridized carbons (Fsp3) is 0.500. The summed E-state index contributed by atoms with van der Waals surface area (Å²) < 4.78 is 5.31. The molecule has 0 radical (unpaired) electrons. The molecule has 0 bridgehead atoms. The summed E-state index contributed by atoms with van der Waals surface area (Å²) in [5.74, 6) is 1.27. The molecule has 1 aliphatic rings. The molecule has 1 unspecified atom stereocenters. The number of non-ortho nitro benzene ring substituents is 1. The molecule has 1 fully saturated rings. The number of nitro groups is 1. The van der Waals surface area contributed by atoms with E-state index < -0.39 is 16.6 Å². The summed E-state index contributed by atoms with van der Waals surface area (Å²) in [6.45, 7) is 8.52. The van der Waals surface area contributed by atoms with Gasteiger partial charge >= 0.3 is 6.09 Å². The lowest BCUT2D eigenvalue weighted by Gasteiger charge is -2.22. The van der Waals surface area contributed by atoms with Gasteiger partial charge in [0.2, 0.25) is 0 Å². The number of aryl methyl sites for hydroxylation is 1. The monoisotopic (exact) mass is 373 g/mol. The van der Waals surface area contributed by atoms with Gasteiger partial charge in [0.25, 0.3) is 5.69 Å². The molecular weight excluding hydrogens is 350 g/mol. The van der Waals surface area contributed by atoms with Gasteiger partial charge in [0.05, 0.1) is 16.5 Å². The van der Waals surface area contributed by atoms with E-state index in [1.54, 1.807) is 13.0 Å². The topological polar surface area (TPSA) is 110 Å². The van der Waals surface area contributed by atoms with Crippen molar-refractivity contribution in [1.29, 1.82) is 0 Å². The molecule has 1 saturated heterocycles. The number of alkyl carbamates (subject to hydrolysis) is 1. The van der Waals surface area contributed by atoms with E-state index in [9.17, 15) is 14.9 Å². The molecule has 9 heteroatoms. The lowest BCUT2D eigenvalue weighted by Crippen LogP contribution is -2.40. The zero-order chi connectivity index (χ0) is 19.8. The van der Waals surface area contributed by atoms with Crippen molar-refractivity contribution in [2.24, 2.45) is 0 Å². The number of carbonyl (C=O) groups excluding carboxylic acids is 1. The largest absolute Gasteiger partial charge is 0.444 e. The number of fused-ring (bicyclic) bond motifs is 1. The predicted octanol–water partition coefficient (Wildman–Crippen LogP) is 2.95. The Bertz CT molecular complexity index is 893. The van der Waals surface area contributed by atoms with Crippen LogP contribution in [-0.4, -0.2) is 45.7 Å². The van der Waals surface area contributed by atoms with Gasteiger partial charge in [0.15, 0.2) is 0 Å². The van der Waals surface area contributed by atoms with E-state index in [1.165, 1.54) is 12.1 Å². The first-order chi connectivity index (χ1) is 12.6. The number of aromatic nitrogens is 2. The maximum atomic E-state index is 12.0. The van der Waals surface area contributed by atoms with Crippen LogP contribution in [-0.2, 0) is 4.74 Å². The quantitative estimate of drug-likeness (QED) is 0.650. The number of anilines is 1. The Morgan fingerprint density at radius 1 is 1.37 bits per heavy atom. The van der Waals surface area contributed by atoms with Crippen molar-refractivity contribution in [2.45, 2.75) is 45.8 Å². The van der Waals surface area contributed by atoms with Crippen LogP contribution in [0.4, 0.5) is 16.3 Å². The number of nitrogens with zero attached hydrogens (tertiary/aromatic N) is 4. The summed E-state index contributed by atoms with van der Waals surface area (Å²) in [6, 6.07) is 4.54. The normalized spacial score (nSPS) is 17.2. The first kappa shape index (κ1) is 18.8. The number of nitrogens with one attached hydrogen (secondary N) is 1. The lowest BCUT2D eigenvalue weighted by atomic mass is 10.2. The second-order valence-electron chi connectivity index (χ2n) is 7.63. The smallest absolute Gasteiger partial charge is 0.407 e. The molecule has 0 saturated carbocycles. The number of nitro benzene ring substituents is 1. The molecule has 3 rings (SSSR count). The van der Waals surface area contributed by atoms with Gasteiger partial charge in [0.1, 0.15) is 17.2 Å². The zero-order valence-electron chi connectivity index (χ0n) is 15.9. The van der Waals surface area contributed by atoms with Crippen LogP contribution in [0.3, 0.4) is 0 Å². The Labute approximate surface area is 156 Å². The van der Waals surface area contributed by atoms with Gasteiger partial charge in [-0.05, 0) is 40.2 Å². The van der Waals surface area contributed by atoms with Crippen molar-refractivity contribution in [2.75, 3.05) is 18.0 Å². The van der Waals surface area contributed by atoms with E-state index in [2.05, 4.69) is 20.2 Å². The third-order valence-corrected chi connectivity index (χ3v) is 4.19. The third-order valence-electron chi connectivity index (χ3n) is 4.19. The van der Waals surface area contributed by atoms with Crippen LogP contribution in [0.15, 0.2) is 18.2 Å². The highest BCUT2D eigenvalue weighted by molar-refractivity contribution is 5.91. The van der Waals surface area contributed by atoms with Crippen molar-refractivity contribution in [3.63, 3.8) is 0 Å². The molecule has 1 atom stereocenters. The summed E-state index contributed by atoms with van der Waals surface area (Å²) in [5.41, 5.74) is -0.00968. The van der Waals surface area contributed by atoms with Crippen LogP contribution in [0.5, 0.6) is 0 Å². The molecule has 27 heavy (non-hydrogen) atoms. The summed E-state index contributed by atoms with van der Waals surface area (Å²) in [5, 5.41) is 14.7. The van der Waals surface area contributed by atoms with Gasteiger partial charge in [-0.3, -0.25) is 10.1 Å². The minimum Gasteiger partial charge on any atom is -0.444 e. The number of benzene rings is 1. The Kier molecular flexibility index (Phi) is 4.86. The van der Waals surface area contributed by atoms with E-state index >= 15 is 0 Å². The van der Waals surface area contributed by atoms with Crippen molar-refractivity contribution in [3.05, 3.63) is 34.1 Å². The van der Waals surface area contributed by atoms with Crippen molar-refractivity contribution >= 4 is 28.5 Å². The highest BCUT2D eigenvalue weighted by Crippen LogP contribution is 2.29. The maximum absolute atomic E-state index is 12.0. The average Bonchev–Trinajstić information content (AvgIpc) is 2.99. The number of amides is 1. The molecule has 1 aromatic heterocycles. The Morgan fingerprint density at radius 2 is 2.11 bits per heavy atom. The minimum atomic E-state index is -0.545. The van der Waals surface area contributed by atoms with Crippen LogP contribution < -0.4 is 10.2 Å². The fourth-order valence-corrected chi connectivity index (χ4v) is 3.11. The Morgan fingerprint density at radius 3 is 2.78 bits per heavy atom. The summed E-state index contributed by atoms with van der Waals surface area (Å²) in [4.78, 5) is 33.5. The number of hydrogen-bond donors (Lipinski definition) is 1. The summed E-state index contributed by atoms with van der Waals surface area (Å²) in [6.07, 6.45) is 0.324. The predicted molar refractivity (Wildman–Crippen MR) is 101 cm³/mol. The van der Waals surface area contributed by atoms with Crippen LogP contribution >= 0.6 is 0 Å². The van der Waals surface area contributed by atoms with Crippen molar-refractivity contribution in [3.8, 4) is 0 Å². The van der Waals surface area contributed by atoms with E-state index in [0.717, 1.165) is 17.6 Å². The van der Waals surface area contributed by atoms with Gasteiger partial charge in [-0.1, -0.05) is 0 Å². The van der Waals surface area contributed by atoms with E-state index in [1.807, 2.05) is 20.8 Å². The fourth-order valence-electron chi connectivity index (χ4n) is 3.11. The Balaban J connectivity index is 1.80. The first-order valence-corrected chi connectivity index (χ1v) is 8.79. The standard InChI is InChI=1S/C18H23N5O4/c1-11-19-15-9-13(23(25)26)5-6-14(15)16(20-11)22-8-7-12(10-22)21-17(24)27-18(2,3)4/h5-6,9,12H,7-8,10H2,1-4H3,(H,21,24). The maximum Gasteiger partial charge on any atom is 0.407 e. The number of carbonyl (C=O) groups is 1. The molecule has 1 aliphatic heterocycles. The molecule has 1 N–H and O–H groups in total. The van der Waals surface area contributed by atoms with Crippen LogP contribution in [0.25, 0.3) is 10.9 Å². The Hall–Kier alpha value is -2.97. The highest BCUT2D eigenvalue weighted by Gasteiger charge is 2.28. The van der Waals surface area contributed by atoms with Crippen LogP contribution in [0.2, 0.25) is 0 Å². The SMILES string of the molecule is Cc1nc(N2CCC(NC(=O)OC(C)(C)C)C2)c2ccc([N+](=O)[O-])cc2n1. The molecule has 9 nitrogen and oxygen atoms in total. The van der Waals surface area contributed by atoms with E-state index in [-0.39, 0.29) is 11.7 Å². The van der Waals surface area contributed by atoms with Gasteiger partial charge < -0.3 is 15.0 Å².